The first-order valence-electron chi connectivity index (χ1n) is 6.92. The van der Waals surface area contributed by atoms with E-state index in [1.165, 1.54) is 0 Å². The average molecular weight is 262 g/mol. The highest BCUT2D eigenvalue weighted by atomic mass is 16.3. The smallest absolute Gasteiger partial charge is 0.120 e. The molecule has 0 amide bonds. The Labute approximate surface area is 114 Å². The summed E-state index contributed by atoms with van der Waals surface area (Å²) in [6.07, 6.45) is 6.05. The van der Waals surface area contributed by atoms with Gasteiger partial charge in [0.2, 0.25) is 0 Å². The van der Waals surface area contributed by atoms with Crippen LogP contribution in [0.1, 0.15) is 37.7 Å². The van der Waals surface area contributed by atoms with Gasteiger partial charge in [-0.05, 0) is 49.3 Å². The van der Waals surface area contributed by atoms with Crippen LogP contribution in [0.3, 0.4) is 0 Å². The fourth-order valence-corrected chi connectivity index (χ4v) is 2.73. The molecule has 4 heteroatoms. The summed E-state index contributed by atoms with van der Waals surface area (Å²) in [5.41, 5.74) is 8.44. The second kappa shape index (κ2) is 6.57. The number of hydrogen-bond donors (Lipinski definition) is 3. The molecule has 1 fully saturated rings. The maximum absolute atomic E-state index is 10.5. The number of carbonyl (C=O) groups is 1. The molecule has 1 aliphatic rings. The molecule has 19 heavy (non-hydrogen) atoms. The number of hydrogen-bond acceptors (Lipinski definition) is 4. The largest absolute Gasteiger partial charge is 0.397 e. The van der Waals surface area contributed by atoms with Crippen LogP contribution in [0, 0.1) is 5.92 Å². The molecule has 4 nitrogen and oxygen atoms in total. The molecule has 0 atom stereocenters. The standard InChI is InChI=1S/C15H22N2O2/c16-14-6-3-12(10-19)9-15(14)17-13-4-1-11(2-5-13)7-8-18/h3,6,8-9,11,13,17,19H,1-2,4-5,7,10,16H2. The van der Waals surface area contributed by atoms with Gasteiger partial charge >= 0.3 is 0 Å². The lowest BCUT2D eigenvalue weighted by Gasteiger charge is -2.29. The van der Waals surface area contributed by atoms with Gasteiger partial charge in [-0.3, -0.25) is 0 Å². The van der Waals surface area contributed by atoms with E-state index in [1.807, 2.05) is 18.2 Å². The van der Waals surface area contributed by atoms with Gasteiger partial charge in [-0.15, -0.1) is 0 Å². The molecule has 0 spiro atoms. The summed E-state index contributed by atoms with van der Waals surface area (Å²) in [5, 5.41) is 12.6. The minimum atomic E-state index is 0.0288. The lowest BCUT2D eigenvalue weighted by molar-refractivity contribution is -0.108. The monoisotopic (exact) mass is 262 g/mol. The van der Waals surface area contributed by atoms with Crippen molar-refractivity contribution in [3.63, 3.8) is 0 Å². The van der Waals surface area contributed by atoms with Crippen molar-refractivity contribution in [3.05, 3.63) is 23.8 Å². The van der Waals surface area contributed by atoms with Crippen LogP contribution in [0.2, 0.25) is 0 Å². The normalized spacial score (nSPS) is 23.0. The van der Waals surface area contributed by atoms with E-state index in [1.54, 1.807) is 0 Å². The number of aliphatic hydroxyl groups excluding tert-OH is 1. The van der Waals surface area contributed by atoms with Crippen LogP contribution < -0.4 is 11.1 Å². The van der Waals surface area contributed by atoms with Crippen molar-refractivity contribution < 1.29 is 9.90 Å². The number of rotatable bonds is 5. The highest BCUT2D eigenvalue weighted by molar-refractivity contribution is 5.67. The number of carbonyl (C=O) groups excluding carboxylic acids is 1. The predicted molar refractivity (Wildman–Crippen MR) is 76.8 cm³/mol. The number of benzene rings is 1. The molecule has 1 aromatic rings. The van der Waals surface area contributed by atoms with E-state index in [0.717, 1.165) is 43.2 Å². The van der Waals surface area contributed by atoms with E-state index in [2.05, 4.69) is 5.32 Å². The number of nitrogens with one attached hydrogen (secondary N) is 1. The fourth-order valence-electron chi connectivity index (χ4n) is 2.73. The zero-order valence-electron chi connectivity index (χ0n) is 11.1. The Morgan fingerprint density at radius 3 is 2.68 bits per heavy atom. The van der Waals surface area contributed by atoms with Crippen LogP contribution in [0.15, 0.2) is 18.2 Å². The number of anilines is 2. The first-order valence-corrected chi connectivity index (χ1v) is 6.92. The topological polar surface area (TPSA) is 75.3 Å². The van der Waals surface area contributed by atoms with Crippen molar-refractivity contribution in [1.29, 1.82) is 0 Å². The summed E-state index contributed by atoms with van der Waals surface area (Å²) >= 11 is 0. The first-order chi connectivity index (χ1) is 9.22. The second-order valence-electron chi connectivity index (χ2n) is 5.34. The van der Waals surface area contributed by atoms with Gasteiger partial charge < -0.3 is 21.0 Å². The van der Waals surface area contributed by atoms with Crippen molar-refractivity contribution >= 4 is 17.7 Å². The quantitative estimate of drug-likeness (QED) is 0.562. The SMILES string of the molecule is Nc1ccc(CO)cc1NC1CCC(CC=O)CC1. The van der Waals surface area contributed by atoms with Gasteiger partial charge in [0, 0.05) is 12.5 Å². The zero-order valence-corrected chi connectivity index (χ0v) is 11.1. The van der Waals surface area contributed by atoms with Crippen molar-refractivity contribution in [2.24, 2.45) is 5.92 Å². The van der Waals surface area contributed by atoms with Gasteiger partial charge in [-0.1, -0.05) is 6.07 Å². The molecule has 0 saturated heterocycles. The van der Waals surface area contributed by atoms with Crippen LogP contribution in [0.25, 0.3) is 0 Å². The van der Waals surface area contributed by atoms with Gasteiger partial charge in [-0.2, -0.15) is 0 Å². The summed E-state index contributed by atoms with van der Waals surface area (Å²) in [7, 11) is 0. The number of aldehydes is 1. The van der Waals surface area contributed by atoms with E-state index in [9.17, 15) is 4.79 Å². The Balaban J connectivity index is 1.93. The lowest BCUT2D eigenvalue weighted by Crippen LogP contribution is -2.26. The Bertz CT molecular complexity index is 426. The maximum Gasteiger partial charge on any atom is 0.120 e. The van der Waals surface area contributed by atoms with Crippen molar-refractivity contribution in [2.75, 3.05) is 11.1 Å². The summed E-state index contributed by atoms with van der Waals surface area (Å²) in [5.74, 6) is 0.552. The predicted octanol–water partition coefficient (Wildman–Crippen LogP) is 2.32. The van der Waals surface area contributed by atoms with E-state index < -0.39 is 0 Å². The van der Waals surface area contributed by atoms with Gasteiger partial charge in [0.1, 0.15) is 6.29 Å². The van der Waals surface area contributed by atoms with Crippen molar-refractivity contribution in [3.8, 4) is 0 Å². The third-order valence-corrected chi connectivity index (χ3v) is 3.94. The Kier molecular flexibility index (Phi) is 4.80. The molecule has 0 aromatic heterocycles. The van der Waals surface area contributed by atoms with Crippen LogP contribution in [0.4, 0.5) is 11.4 Å². The molecule has 0 unspecified atom stereocenters. The average Bonchev–Trinajstić information content (AvgIpc) is 2.44. The van der Waals surface area contributed by atoms with Gasteiger partial charge in [-0.25, -0.2) is 0 Å². The molecule has 1 saturated carbocycles. The number of aliphatic hydroxyl groups is 1. The summed E-state index contributed by atoms with van der Waals surface area (Å²) < 4.78 is 0. The highest BCUT2D eigenvalue weighted by Gasteiger charge is 2.21. The molecular formula is C15H22N2O2. The molecule has 0 bridgehead atoms. The van der Waals surface area contributed by atoms with E-state index in [0.29, 0.717) is 24.1 Å². The molecule has 0 aliphatic heterocycles. The van der Waals surface area contributed by atoms with Gasteiger partial charge in [0.05, 0.1) is 18.0 Å². The second-order valence-corrected chi connectivity index (χ2v) is 5.34. The van der Waals surface area contributed by atoms with E-state index >= 15 is 0 Å². The molecule has 4 N–H and O–H groups in total. The van der Waals surface area contributed by atoms with Gasteiger partial charge in [0.15, 0.2) is 0 Å². The molecule has 0 heterocycles. The summed E-state index contributed by atoms with van der Waals surface area (Å²) in [6, 6.07) is 5.99. The first kappa shape index (κ1) is 13.9. The third kappa shape index (κ3) is 3.70. The van der Waals surface area contributed by atoms with Gasteiger partial charge in [0.25, 0.3) is 0 Å². The van der Waals surface area contributed by atoms with Crippen LogP contribution in [-0.2, 0) is 11.4 Å². The maximum atomic E-state index is 10.5. The molecule has 1 aliphatic carbocycles. The molecule has 1 aromatic carbocycles. The Morgan fingerprint density at radius 1 is 1.32 bits per heavy atom. The highest BCUT2D eigenvalue weighted by Crippen LogP contribution is 2.30. The minimum absolute atomic E-state index is 0.0288. The minimum Gasteiger partial charge on any atom is -0.397 e. The lowest BCUT2D eigenvalue weighted by atomic mass is 9.84. The fraction of sp³-hybridized carbons (Fsp3) is 0.533. The summed E-state index contributed by atoms with van der Waals surface area (Å²) in [6.45, 7) is 0.0288. The molecule has 104 valence electrons. The molecule has 2 rings (SSSR count). The summed E-state index contributed by atoms with van der Waals surface area (Å²) in [4.78, 5) is 10.5. The van der Waals surface area contributed by atoms with E-state index in [4.69, 9.17) is 10.8 Å². The number of nitrogens with two attached hydrogens (primary N) is 1. The van der Waals surface area contributed by atoms with Crippen LogP contribution in [0.5, 0.6) is 0 Å². The molecule has 0 radical (unpaired) electrons. The number of nitrogen functional groups attached to an aromatic ring is 1. The van der Waals surface area contributed by atoms with E-state index in [-0.39, 0.29) is 6.61 Å². The van der Waals surface area contributed by atoms with Crippen LogP contribution in [-0.4, -0.2) is 17.4 Å². The Hall–Kier alpha value is -1.55. The Morgan fingerprint density at radius 2 is 2.05 bits per heavy atom. The van der Waals surface area contributed by atoms with Crippen molar-refractivity contribution in [2.45, 2.75) is 44.8 Å². The third-order valence-electron chi connectivity index (χ3n) is 3.94. The zero-order chi connectivity index (χ0) is 13.7. The molecular weight excluding hydrogens is 240 g/mol. The van der Waals surface area contributed by atoms with Crippen LogP contribution >= 0.6 is 0 Å². The van der Waals surface area contributed by atoms with Crippen molar-refractivity contribution in [1.82, 2.24) is 0 Å².